The van der Waals surface area contributed by atoms with Crippen molar-refractivity contribution in [1.29, 1.82) is 0 Å². The summed E-state index contributed by atoms with van der Waals surface area (Å²) >= 11 is 2.96. The molecule has 1 atom stereocenters. The van der Waals surface area contributed by atoms with Crippen LogP contribution in [-0.2, 0) is 0 Å². The van der Waals surface area contributed by atoms with E-state index in [1.807, 2.05) is 0 Å². The van der Waals surface area contributed by atoms with Crippen LogP contribution in [0.4, 0.5) is 8.78 Å². The Morgan fingerprint density at radius 2 is 2.00 bits per heavy atom. The van der Waals surface area contributed by atoms with E-state index in [-0.39, 0.29) is 10.5 Å². The first-order valence-corrected chi connectivity index (χ1v) is 5.97. The monoisotopic (exact) mass is 304 g/mol. The Kier molecular flexibility index (Phi) is 3.44. The molecule has 0 unspecified atom stereocenters. The second-order valence-electron chi connectivity index (χ2n) is 4.04. The van der Waals surface area contributed by atoms with Crippen molar-refractivity contribution >= 4 is 21.8 Å². The van der Waals surface area contributed by atoms with Crippen LogP contribution in [0.5, 0.6) is 0 Å². The fourth-order valence-corrected chi connectivity index (χ4v) is 2.28. The molecule has 1 heterocycles. The lowest BCUT2D eigenvalue weighted by molar-refractivity contribution is 0.0781. The highest BCUT2D eigenvalue weighted by Gasteiger charge is 2.28. The largest absolute Gasteiger partial charge is 0.337 e. The van der Waals surface area contributed by atoms with Crippen LogP contribution in [-0.4, -0.2) is 29.9 Å². The topological polar surface area (TPSA) is 46.3 Å². The Labute approximate surface area is 106 Å². The molecule has 1 aromatic rings. The number of hydrogen-bond donors (Lipinski definition) is 1. The maximum absolute atomic E-state index is 13.6. The zero-order valence-electron chi connectivity index (χ0n) is 8.92. The first-order chi connectivity index (χ1) is 7.99. The molecule has 1 fully saturated rings. The second-order valence-corrected chi connectivity index (χ2v) is 4.96. The zero-order valence-corrected chi connectivity index (χ0v) is 10.5. The highest BCUT2D eigenvalue weighted by molar-refractivity contribution is 9.10. The first-order valence-electron chi connectivity index (χ1n) is 5.18. The molecule has 2 rings (SSSR count). The molecule has 1 aliphatic heterocycles. The lowest BCUT2D eigenvalue weighted by Crippen LogP contribution is -2.33. The van der Waals surface area contributed by atoms with Crippen molar-refractivity contribution in [3.05, 3.63) is 33.8 Å². The average molecular weight is 305 g/mol. The number of carbonyl (C=O) groups excluding carboxylic acids is 1. The Bertz CT molecular complexity index is 444. The Hall–Kier alpha value is -1.01. The van der Waals surface area contributed by atoms with Crippen molar-refractivity contribution in [3.63, 3.8) is 0 Å². The van der Waals surface area contributed by atoms with Crippen LogP contribution in [0.1, 0.15) is 16.8 Å². The van der Waals surface area contributed by atoms with Crippen LogP contribution in [0.15, 0.2) is 16.6 Å². The Morgan fingerprint density at radius 1 is 1.41 bits per heavy atom. The third-order valence-electron chi connectivity index (χ3n) is 2.73. The summed E-state index contributed by atoms with van der Waals surface area (Å²) in [5, 5.41) is 0. The number of likely N-dealkylation sites (tertiary alicyclic amines) is 1. The van der Waals surface area contributed by atoms with Crippen molar-refractivity contribution < 1.29 is 13.6 Å². The van der Waals surface area contributed by atoms with Gasteiger partial charge in [-0.3, -0.25) is 4.79 Å². The average Bonchev–Trinajstić information content (AvgIpc) is 2.63. The fourth-order valence-electron chi connectivity index (χ4n) is 1.88. The van der Waals surface area contributed by atoms with Gasteiger partial charge in [0, 0.05) is 23.6 Å². The summed E-state index contributed by atoms with van der Waals surface area (Å²) in [5.41, 5.74) is 5.14. The van der Waals surface area contributed by atoms with Crippen molar-refractivity contribution in [2.45, 2.75) is 12.5 Å². The number of amides is 1. The van der Waals surface area contributed by atoms with E-state index in [0.29, 0.717) is 19.5 Å². The van der Waals surface area contributed by atoms with E-state index in [2.05, 4.69) is 15.9 Å². The van der Waals surface area contributed by atoms with Crippen LogP contribution in [0.25, 0.3) is 0 Å². The van der Waals surface area contributed by atoms with Gasteiger partial charge >= 0.3 is 0 Å². The van der Waals surface area contributed by atoms with E-state index in [9.17, 15) is 13.6 Å². The first kappa shape index (κ1) is 12.4. The molecule has 6 heteroatoms. The van der Waals surface area contributed by atoms with E-state index in [1.54, 1.807) is 0 Å². The fraction of sp³-hybridized carbons (Fsp3) is 0.364. The van der Waals surface area contributed by atoms with Crippen LogP contribution in [0.2, 0.25) is 0 Å². The summed E-state index contributed by atoms with van der Waals surface area (Å²) in [6.07, 6.45) is 0.658. The highest BCUT2D eigenvalue weighted by Crippen LogP contribution is 2.22. The minimum atomic E-state index is -0.859. The molecule has 0 bridgehead atoms. The molecule has 0 radical (unpaired) electrons. The van der Waals surface area contributed by atoms with E-state index in [0.717, 1.165) is 12.1 Å². The number of hydrogen-bond acceptors (Lipinski definition) is 2. The third kappa shape index (κ3) is 2.47. The number of carbonyl (C=O) groups is 1. The minimum absolute atomic E-state index is 0.111. The summed E-state index contributed by atoms with van der Waals surface area (Å²) in [6, 6.07) is 2.04. The summed E-state index contributed by atoms with van der Waals surface area (Å²) in [6.45, 7) is 0.780. The molecule has 0 aromatic heterocycles. The van der Waals surface area contributed by atoms with Gasteiger partial charge in [0.15, 0.2) is 0 Å². The molecule has 0 spiro atoms. The molecule has 2 N–H and O–H groups in total. The van der Waals surface area contributed by atoms with Crippen molar-refractivity contribution in [1.82, 2.24) is 4.90 Å². The molecule has 1 amide bonds. The second kappa shape index (κ2) is 4.70. The molecule has 1 aliphatic rings. The molecule has 3 nitrogen and oxygen atoms in total. The van der Waals surface area contributed by atoms with Gasteiger partial charge in [-0.1, -0.05) is 15.9 Å². The summed E-state index contributed by atoms with van der Waals surface area (Å²) in [4.78, 5) is 13.3. The number of nitrogens with two attached hydrogens (primary N) is 1. The number of benzene rings is 1. The zero-order chi connectivity index (χ0) is 12.6. The highest BCUT2D eigenvalue weighted by atomic mass is 79.9. The van der Waals surface area contributed by atoms with Crippen LogP contribution in [0.3, 0.4) is 0 Å². The number of nitrogens with zero attached hydrogens (tertiary/aromatic N) is 1. The summed E-state index contributed by atoms with van der Waals surface area (Å²) in [5.74, 6) is -2.36. The SMILES string of the molecule is N[C@H]1CCN(C(=O)c2c(F)cc(Br)cc2F)C1. The Morgan fingerprint density at radius 3 is 2.47 bits per heavy atom. The predicted molar refractivity (Wildman–Crippen MR) is 62.6 cm³/mol. The molecular weight excluding hydrogens is 294 g/mol. The van der Waals surface area contributed by atoms with Gasteiger partial charge in [-0.2, -0.15) is 0 Å². The number of halogens is 3. The number of rotatable bonds is 1. The smallest absolute Gasteiger partial charge is 0.259 e. The van der Waals surface area contributed by atoms with Gasteiger partial charge in [-0.25, -0.2) is 8.78 Å². The van der Waals surface area contributed by atoms with E-state index in [4.69, 9.17) is 5.73 Å². The third-order valence-corrected chi connectivity index (χ3v) is 3.19. The van der Waals surface area contributed by atoms with Gasteiger partial charge in [0.2, 0.25) is 0 Å². The predicted octanol–water partition coefficient (Wildman–Crippen LogP) is 1.90. The summed E-state index contributed by atoms with van der Waals surface area (Å²) < 4.78 is 27.4. The molecule has 17 heavy (non-hydrogen) atoms. The van der Waals surface area contributed by atoms with E-state index < -0.39 is 23.1 Å². The molecule has 1 aromatic carbocycles. The maximum Gasteiger partial charge on any atom is 0.259 e. The Balaban J connectivity index is 2.31. The lowest BCUT2D eigenvalue weighted by atomic mass is 10.1. The van der Waals surface area contributed by atoms with Crippen LogP contribution < -0.4 is 5.73 Å². The molecule has 0 aliphatic carbocycles. The van der Waals surface area contributed by atoms with Crippen molar-refractivity contribution in [2.24, 2.45) is 5.73 Å². The van der Waals surface area contributed by atoms with Gasteiger partial charge in [0.25, 0.3) is 5.91 Å². The molecule has 0 saturated carbocycles. The van der Waals surface area contributed by atoms with Gasteiger partial charge in [0.1, 0.15) is 17.2 Å². The van der Waals surface area contributed by atoms with E-state index >= 15 is 0 Å². The molecule has 1 saturated heterocycles. The molecular formula is C11H11BrF2N2O. The quantitative estimate of drug-likeness (QED) is 0.861. The van der Waals surface area contributed by atoms with Crippen molar-refractivity contribution in [2.75, 3.05) is 13.1 Å². The van der Waals surface area contributed by atoms with Gasteiger partial charge in [0.05, 0.1) is 0 Å². The van der Waals surface area contributed by atoms with Crippen LogP contribution in [0, 0.1) is 11.6 Å². The van der Waals surface area contributed by atoms with Gasteiger partial charge < -0.3 is 10.6 Å². The minimum Gasteiger partial charge on any atom is -0.337 e. The standard InChI is InChI=1S/C11H11BrF2N2O/c12-6-3-8(13)10(9(14)4-6)11(17)16-2-1-7(15)5-16/h3-4,7H,1-2,5,15H2/t7-/m0/s1. The van der Waals surface area contributed by atoms with E-state index in [1.165, 1.54) is 4.90 Å². The van der Waals surface area contributed by atoms with Gasteiger partial charge in [-0.15, -0.1) is 0 Å². The maximum atomic E-state index is 13.6. The normalized spacial score (nSPS) is 19.8. The lowest BCUT2D eigenvalue weighted by Gasteiger charge is -2.16. The van der Waals surface area contributed by atoms with Crippen molar-refractivity contribution in [3.8, 4) is 0 Å². The summed E-state index contributed by atoms with van der Waals surface area (Å²) in [7, 11) is 0. The van der Waals surface area contributed by atoms with Gasteiger partial charge in [-0.05, 0) is 18.6 Å². The molecule has 92 valence electrons. The van der Waals surface area contributed by atoms with Crippen LogP contribution >= 0.6 is 15.9 Å².